The Morgan fingerprint density at radius 3 is 2.95 bits per heavy atom. The molecule has 11 atom stereocenters. The molecule has 6 saturated carbocycles. The average molecular weight is 297 g/mol. The van der Waals surface area contributed by atoms with Crippen LogP contribution in [0.2, 0.25) is 0 Å². The van der Waals surface area contributed by atoms with Crippen molar-refractivity contribution in [3.8, 4) is 0 Å². The second-order valence-electron chi connectivity index (χ2n) is 10.4. The molecule has 3 unspecified atom stereocenters. The van der Waals surface area contributed by atoms with Gasteiger partial charge in [-0.1, -0.05) is 19.9 Å². The molecule has 0 aromatic carbocycles. The molecule has 0 radical (unpaired) electrons. The van der Waals surface area contributed by atoms with E-state index in [1.165, 1.54) is 50.6 Å². The molecule has 3 saturated heterocycles. The Morgan fingerprint density at radius 2 is 2.09 bits per heavy atom. The largest absolute Gasteiger partial charge is 0.388 e. The number of aliphatic hydroxyl groups is 1. The highest BCUT2D eigenvalue weighted by molar-refractivity contribution is 5.42. The molecule has 9 bridgehead atoms. The summed E-state index contributed by atoms with van der Waals surface area (Å²) in [7, 11) is 0. The van der Waals surface area contributed by atoms with Crippen molar-refractivity contribution >= 4 is 0 Å². The van der Waals surface area contributed by atoms with Crippen molar-refractivity contribution in [3.05, 3.63) is 12.2 Å². The van der Waals surface area contributed by atoms with Crippen LogP contribution >= 0.6 is 0 Å². The van der Waals surface area contributed by atoms with Crippen LogP contribution < -0.4 is 0 Å². The van der Waals surface area contributed by atoms with Gasteiger partial charge in [-0.05, 0) is 72.2 Å². The molecular formula is C20H27NO. The number of rotatable bonds is 0. The Hall–Kier alpha value is -0.340. The number of nitrogens with zero attached hydrogens (tertiary/aromatic N) is 1. The van der Waals surface area contributed by atoms with E-state index in [0.717, 1.165) is 29.8 Å². The Balaban J connectivity index is 1.53. The van der Waals surface area contributed by atoms with Gasteiger partial charge in [-0.2, -0.15) is 0 Å². The summed E-state index contributed by atoms with van der Waals surface area (Å²) < 4.78 is 0. The Morgan fingerprint density at radius 1 is 1.23 bits per heavy atom. The molecule has 0 aromatic rings. The third-order valence-electron chi connectivity index (χ3n) is 10.3. The minimum atomic E-state index is -0.172. The molecule has 22 heavy (non-hydrogen) atoms. The van der Waals surface area contributed by atoms with E-state index in [9.17, 15) is 5.11 Å². The molecule has 3 aliphatic heterocycles. The van der Waals surface area contributed by atoms with Crippen molar-refractivity contribution in [1.29, 1.82) is 0 Å². The summed E-state index contributed by atoms with van der Waals surface area (Å²) in [5, 5.41) is 11.2. The SMILES string of the molecule is C=C1[C@H]2CC3C4N5C[C@]6(C)CCC[C@]47[C@H](C2)[C@]3(C[C@@H]5[C@H]67)[C@H]1O. The maximum Gasteiger partial charge on any atom is 0.0813 e. The van der Waals surface area contributed by atoms with E-state index in [0.29, 0.717) is 16.7 Å². The maximum atomic E-state index is 11.2. The van der Waals surface area contributed by atoms with E-state index >= 15 is 0 Å². The molecule has 9 fully saturated rings. The van der Waals surface area contributed by atoms with E-state index in [4.69, 9.17) is 0 Å². The summed E-state index contributed by atoms with van der Waals surface area (Å²) in [5.41, 5.74) is 2.65. The van der Waals surface area contributed by atoms with Crippen molar-refractivity contribution in [3.63, 3.8) is 0 Å². The van der Waals surface area contributed by atoms with Crippen molar-refractivity contribution in [1.82, 2.24) is 4.90 Å². The van der Waals surface area contributed by atoms with E-state index in [1.807, 2.05) is 0 Å². The van der Waals surface area contributed by atoms with Crippen LogP contribution in [0.5, 0.6) is 0 Å². The lowest BCUT2D eigenvalue weighted by Gasteiger charge is -2.64. The first-order valence-corrected chi connectivity index (χ1v) is 9.66. The third-order valence-corrected chi connectivity index (χ3v) is 10.3. The van der Waals surface area contributed by atoms with Gasteiger partial charge in [0.2, 0.25) is 0 Å². The molecule has 0 aromatic heterocycles. The van der Waals surface area contributed by atoms with Gasteiger partial charge in [-0.25, -0.2) is 0 Å². The fraction of sp³-hybridized carbons (Fsp3) is 0.900. The first-order valence-electron chi connectivity index (χ1n) is 9.66. The molecule has 9 rings (SSSR count). The number of fused-ring (bicyclic) bond motifs is 1. The van der Waals surface area contributed by atoms with Gasteiger partial charge in [0.25, 0.3) is 0 Å². The molecule has 2 spiro atoms. The van der Waals surface area contributed by atoms with Crippen molar-refractivity contribution in [2.45, 2.75) is 63.6 Å². The summed E-state index contributed by atoms with van der Waals surface area (Å²) in [4.78, 5) is 2.98. The summed E-state index contributed by atoms with van der Waals surface area (Å²) in [6, 6.07) is 1.64. The first-order chi connectivity index (χ1) is 10.5. The zero-order chi connectivity index (χ0) is 14.6. The van der Waals surface area contributed by atoms with E-state index in [2.05, 4.69) is 18.4 Å². The monoisotopic (exact) mass is 297 g/mol. The highest BCUT2D eigenvalue weighted by Gasteiger charge is 2.87. The van der Waals surface area contributed by atoms with Crippen LogP contribution in [-0.2, 0) is 0 Å². The number of piperidine rings is 2. The lowest BCUT2D eigenvalue weighted by atomic mass is 9.40. The standard InChI is InChI=1S/C20H27NO/c1-10-11-6-12-16-19-5-3-4-18(2)9-21(16)13(15(18)19)8-20(12,17(10)22)14(19)7-11/h11-17,22H,1,3-9H2,2H3/t11-,12?,13+,14-,15+,16?,17-,18-,19+,20+/m0/s1. The van der Waals surface area contributed by atoms with Crippen LogP contribution in [-0.4, -0.2) is 34.7 Å². The highest BCUT2D eigenvalue weighted by Crippen LogP contribution is 2.86. The second kappa shape index (κ2) is 2.99. The van der Waals surface area contributed by atoms with Crippen LogP contribution in [0.15, 0.2) is 12.2 Å². The zero-order valence-corrected chi connectivity index (χ0v) is 13.6. The van der Waals surface area contributed by atoms with Crippen molar-refractivity contribution in [2.75, 3.05) is 6.54 Å². The van der Waals surface area contributed by atoms with Crippen LogP contribution in [0, 0.1) is 39.9 Å². The van der Waals surface area contributed by atoms with Crippen LogP contribution in [0.25, 0.3) is 0 Å². The molecule has 2 heteroatoms. The van der Waals surface area contributed by atoms with E-state index in [1.54, 1.807) is 0 Å². The van der Waals surface area contributed by atoms with Gasteiger partial charge < -0.3 is 5.11 Å². The first kappa shape index (κ1) is 12.1. The maximum absolute atomic E-state index is 11.2. The van der Waals surface area contributed by atoms with Gasteiger partial charge in [0.05, 0.1) is 6.10 Å². The summed E-state index contributed by atoms with van der Waals surface area (Å²) in [6.07, 6.45) is 8.23. The predicted octanol–water partition coefficient (Wildman–Crippen LogP) is 2.82. The van der Waals surface area contributed by atoms with E-state index in [-0.39, 0.29) is 11.5 Å². The summed E-state index contributed by atoms with van der Waals surface area (Å²) in [6.45, 7) is 8.32. The third kappa shape index (κ3) is 0.815. The summed E-state index contributed by atoms with van der Waals surface area (Å²) >= 11 is 0. The van der Waals surface area contributed by atoms with Gasteiger partial charge in [0.1, 0.15) is 0 Å². The number of hydrogen-bond donors (Lipinski definition) is 1. The molecule has 1 N–H and O–H groups in total. The fourth-order valence-corrected chi connectivity index (χ4v) is 10.4. The number of aliphatic hydroxyl groups excluding tert-OH is 1. The van der Waals surface area contributed by atoms with Crippen LogP contribution in [0.3, 0.4) is 0 Å². The second-order valence-corrected chi connectivity index (χ2v) is 10.4. The minimum Gasteiger partial charge on any atom is -0.388 e. The lowest BCUT2D eigenvalue weighted by Crippen LogP contribution is -2.63. The average Bonchev–Trinajstić information content (AvgIpc) is 2.90. The molecule has 9 aliphatic rings. The molecule has 2 nitrogen and oxygen atoms in total. The molecule has 3 heterocycles. The lowest BCUT2D eigenvalue weighted by molar-refractivity contribution is -0.166. The molecular weight excluding hydrogens is 270 g/mol. The Labute approximate surface area is 132 Å². The molecule has 6 aliphatic carbocycles. The van der Waals surface area contributed by atoms with Crippen molar-refractivity contribution < 1.29 is 5.11 Å². The van der Waals surface area contributed by atoms with Crippen LogP contribution in [0.1, 0.15) is 45.4 Å². The minimum absolute atomic E-state index is 0.172. The van der Waals surface area contributed by atoms with Gasteiger partial charge in [-0.15, -0.1) is 0 Å². The van der Waals surface area contributed by atoms with Gasteiger partial charge in [0, 0.05) is 24.0 Å². The fourth-order valence-electron chi connectivity index (χ4n) is 10.4. The number of hydrogen-bond acceptors (Lipinski definition) is 2. The normalized spacial score (nSPS) is 75.1. The zero-order valence-electron chi connectivity index (χ0n) is 13.6. The van der Waals surface area contributed by atoms with Crippen LogP contribution in [0.4, 0.5) is 0 Å². The quantitative estimate of drug-likeness (QED) is 0.695. The highest BCUT2D eigenvalue weighted by atomic mass is 16.3. The van der Waals surface area contributed by atoms with Gasteiger partial charge in [0.15, 0.2) is 0 Å². The van der Waals surface area contributed by atoms with Gasteiger partial charge in [-0.3, -0.25) is 4.90 Å². The molecule has 118 valence electrons. The predicted molar refractivity (Wildman–Crippen MR) is 84.1 cm³/mol. The summed E-state index contributed by atoms with van der Waals surface area (Å²) in [5.74, 6) is 3.21. The smallest absolute Gasteiger partial charge is 0.0813 e. The van der Waals surface area contributed by atoms with E-state index < -0.39 is 0 Å². The Kier molecular flexibility index (Phi) is 1.64. The molecule has 0 amide bonds. The Bertz CT molecular complexity index is 644. The van der Waals surface area contributed by atoms with Crippen molar-refractivity contribution in [2.24, 2.45) is 39.9 Å². The van der Waals surface area contributed by atoms with Gasteiger partial charge >= 0.3 is 0 Å². The topological polar surface area (TPSA) is 23.5 Å².